The molecule has 0 saturated heterocycles. The first-order valence-corrected chi connectivity index (χ1v) is 7.89. The molecule has 0 spiro atoms. The van der Waals surface area contributed by atoms with E-state index in [2.05, 4.69) is 5.32 Å². The summed E-state index contributed by atoms with van der Waals surface area (Å²) in [6, 6.07) is 7.51. The van der Waals surface area contributed by atoms with Crippen LogP contribution in [0.3, 0.4) is 0 Å². The van der Waals surface area contributed by atoms with Crippen LogP contribution in [0, 0.1) is 27.2 Å². The Bertz CT molecular complexity index is 1060. The Hall–Kier alpha value is -4.15. The number of rotatable bonds is 5. The van der Waals surface area contributed by atoms with Gasteiger partial charge in [-0.15, -0.1) is 0 Å². The highest BCUT2D eigenvalue weighted by Crippen LogP contribution is 2.30. The molecule has 0 fully saturated rings. The molecule has 0 unspecified atom stereocenters. The van der Waals surface area contributed by atoms with Gasteiger partial charge >= 0.3 is 0 Å². The van der Waals surface area contributed by atoms with Gasteiger partial charge in [0, 0.05) is 18.2 Å². The number of imide groups is 1. The first kappa shape index (κ1) is 18.6. The van der Waals surface area contributed by atoms with E-state index in [4.69, 9.17) is 0 Å². The molecule has 11 nitrogen and oxygen atoms in total. The quantitative estimate of drug-likeness (QED) is 0.470. The highest BCUT2D eigenvalue weighted by Gasteiger charge is 2.41. The summed E-state index contributed by atoms with van der Waals surface area (Å²) in [6.45, 7) is 0.927. The Morgan fingerprint density at radius 2 is 1.79 bits per heavy atom. The van der Waals surface area contributed by atoms with Crippen LogP contribution >= 0.6 is 0 Å². The van der Waals surface area contributed by atoms with Crippen molar-refractivity contribution >= 4 is 34.8 Å². The molecule has 0 saturated carbocycles. The van der Waals surface area contributed by atoms with E-state index in [1.54, 1.807) is 6.92 Å². The summed E-state index contributed by atoms with van der Waals surface area (Å²) < 4.78 is 0. The Morgan fingerprint density at radius 1 is 1.07 bits per heavy atom. The van der Waals surface area contributed by atoms with Crippen molar-refractivity contribution in [3.05, 3.63) is 73.3 Å². The number of non-ortho nitro benzene ring substituents is 1. The highest BCUT2D eigenvalue weighted by molar-refractivity contribution is 6.24. The maximum absolute atomic E-state index is 12.5. The second kappa shape index (κ2) is 6.87. The standard InChI is InChI=1S/C17H12N4O7/c1-9-5-6-10(20(25)26)7-12(9)18-14(22)8-19-16(23)11-3-2-4-13(21(27)28)15(11)17(19)24/h2-7H,8H2,1H3,(H,18,22). The first-order chi connectivity index (χ1) is 13.2. The molecule has 2 aromatic carbocycles. The molecule has 1 N–H and O–H groups in total. The maximum Gasteiger partial charge on any atom is 0.282 e. The lowest BCUT2D eigenvalue weighted by molar-refractivity contribution is -0.385. The number of fused-ring (bicyclic) bond motifs is 1. The molecule has 0 radical (unpaired) electrons. The Morgan fingerprint density at radius 3 is 2.43 bits per heavy atom. The van der Waals surface area contributed by atoms with Gasteiger partial charge in [0.1, 0.15) is 12.1 Å². The van der Waals surface area contributed by atoms with Gasteiger partial charge in [-0.25, -0.2) is 0 Å². The Kier molecular flexibility index (Phi) is 4.57. The van der Waals surface area contributed by atoms with Crippen LogP contribution in [0.4, 0.5) is 17.1 Å². The Balaban J connectivity index is 1.82. The molecule has 1 aliphatic heterocycles. The summed E-state index contributed by atoms with van der Waals surface area (Å²) >= 11 is 0. The van der Waals surface area contributed by atoms with Crippen molar-refractivity contribution in [2.45, 2.75) is 6.92 Å². The Labute approximate surface area is 156 Å². The molecule has 0 atom stereocenters. The number of nitrogens with zero attached hydrogens (tertiary/aromatic N) is 3. The molecule has 3 rings (SSSR count). The van der Waals surface area contributed by atoms with Gasteiger partial charge in [-0.05, 0) is 18.6 Å². The molecule has 0 bridgehead atoms. The SMILES string of the molecule is Cc1ccc([N+](=O)[O-])cc1NC(=O)CN1C(=O)c2cccc([N+](=O)[O-])c2C1=O. The van der Waals surface area contributed by atoms with E-state index in [9.17, 15) is 34.6 Å². The highest BCUT2D eigenvalue weighted by atomic mass is 16.6. The molecule has 0 aromatic heterocycles. The second-order valence-corrected chi connectivity index (χ2v) is 5.96. The fourth-order valence-corrected chi connectivity index (χ4v) is 2.80. The van der Waals surface area contributed by atoms with Crippen LogP contribution in [0.15, 0.2) is 36.4 Å². The van der Waals surface area contributed by atoms with Crippen LogP contribution < -0.4 is 5.32 Å². The number of nitro benzene ring substituents is 2. The van der Waals surface area contributed by atoms with E-state index < -0.39 is 39.8 Å². The zero-order valence-corrected chi connectivity index (χ0v) is 14.4. The molecule has 11 heteroatoms. The fourth-order valence-electron chi connectivity index (χ4n) is 2.80. The topological polar surface area (TPSA) is 153 Å². The predicted molar refractivity (Wildman–Crippen MR) is 94.9 cm³/mol. The maximum atomic E-state index is 12.5. The normalized spacial score (nSPS) is 12.7. The lowest BCUT2D eigenvalue weighted by Gasteiger charge is -2.14. The zero-order valence-electron chi connectivity index (χ0n) is 14.4. The molecule has 1 heterocycles. The number of amides is 3. The van der Waals surface area contributed by atoms with Crippen molar-refractivity contribution in [1.29, 1.82) is 0 Å². The molecule has 0 aliphatic carbocycles. The summed E-state index contributed by atoms with van der Waals surface area (Å²) in [5, 5.41) is 24.4. The van der Waals surface area contributed by atoms with E-state index in [1.165, 1.54) is 24.3 Å². The van der Waals surface area contributed by atoms with Crippen molar-refractivity contribution in [3.8, 4) is 0 Å². The van der Waals surface area contributed by atoms with Crippen LogP contribution in [0.1, 0.15) is 26.3 Å². The summed E-state index contributed by atoms with van der Waals surface area (Å²) in [6.07, 6.45) is 0. The summed E-state index contributed by atoms with van der Waals surface area (Å²) in [5.41, 5.74) is -0.584. The molecule has 28 heavy (non-hydrogen) atoms. The smallest absolute Gasteiger partial charge is 0.282 e. The number of carbonyl (C=O) groups is 3. The van der Waals surface area contributed by atoms with Crippen molar-refractivity contribution in [1.82, 2.24) is 4.90 Å². The van der Waals surface area contributed by atoms with Gasteiger partial charge in [0.05, 0.1) is 21.1 Å². The van der Waals surface area contributed by atoms with Gasteiger partial charge in [-0.1, -0.05) is 12.1 Å². The minimum Gasteiger partial charge on any atom is -0.324 e. The molecule has 1 aliphatic rings. The molecule has 3 amide bonds. The third kappa shape index (κ3) is 3.16. The average Bonchev–Trinajstić information content (AvgIpc) is 2.88. The van der Waals surface area contributed by atoms with E-state index in [0.29, 0.717) is 10.5 Å². The number of anilines is 1. The van der Waals surface area contributed by atoms with Gasteiger partial charge in [0.2, 0.25) is 5.91 Å². The van der Waals surface area contributed by atoms with Crippen molar-refractivity contribution in [2.75, 3.05) is 11.9 Å². The number of hydrogen-bond acceptors (Lipinski definition) is 7. The third-order valence-electron chi connectivity index (χ3n) is 4.18. The van der Waals surface area contributed by atoms with Gasteiger partial charge in [0.15, 0.2) is 0 Å². The van der Waals surface area contributed by atoms with Crippen molar-refractivity contribution in [2.24, 2.45) is 0 Å². The van der Waals surface area contributed by atoms with E-state index in [0.717, 1.165) is 12.1 Å². The largest absolute Gasteiger partial charge is 0.324 e. The molecule has 142 valence electrons. The monoisotopic (exact) mass is 384 g/mol. The van der Waals surface area contributed by atoms with Crippen LogP contribution in [0.25, 0.3) is 0 Å². The average molecular weight is 384 g/mol. The molecule has 2 aromatic rings. The van der Waals surface area contributed by atoms with Crippen LogP contribution in [-0.4, -0.2) is 39.0 Å². The lowest BCUT2D eigenvalue weighted by atomic mass is 10.1. The number of hydrogen-bond donors (Lipinski definition) is 1. The summed E-state index contributed by atoms with van der Waals surface area (Å²) in [7, 11) is 0. The van der Waals surface area contributed by atoms with Gasteiger partial charge in [-0.3, -0.25) is 39.5 Å². The van der Waals surface area contributed by atoms with E-state index in [1.807, 2.05) is 0 Å². The number of nitrogens with one attached hydrogen (secondary N) is 1. The number of benzene rings is 2. The van der Waals surface area contributed by atoms with Crippen molar-refractivity contribution < 1.29 is 24.2 Å². The fraction of sp³-hybridized carbons (Fsp3) is 0.118. The van der Waals surface area contributed by atoms with Crippen LogP contribution in [0.5, 0.6) is 0 Å². The summed E-state index contributed by atoms with van der Waals surface area (Å²) in [5.74, 6) is -2.55. The minimum atomic E-state index is -0.946. The second-order valence-electron chi connectivity index (χ2n) is 5.96. The first-order valence-electron chi connectivity index (χ1n) is 7.89. The third-order valence-corrected chi connectivity index (χ3v) is 4.18. The van der Waals surface area contributed by atoms with Crippen molar-refractivity contribution in [3.63, 3.8) is 0 Å². The van der Waals surface area contributed by atoms with E-state index in [-0.39, 0.29) is 22.5 Å². The number of nitro groups is 2. The van der Waals surface area contributed by atoms with Gasteiger partial charge < -0.3 is 5.32 Å². The predicted octanol–water partition coefficient (Wildman–Crippen LogP) is 2.05. The molecular weight excluding hydrogens is 372 g/mol. The van der Waals surface area contributed by atoms with Crippen LogP contribution in [-0.2, 0) is 4.79 Å². The number of carbonyl (C=O) groups excluding carboxylic acids is 3. The van der Waals surface area contributed by atoms with Gasteiger partial charge in [-0.2, -0.15) is 0 Å². The van der Waals surface area contributed by atoms with E-state index >= 15 is 0 Å². The molecular formula is C17H12N4O7. The summed E-state index contributed by atoms with van der Waals surface area (Å²) in [4.78, 5) is 58.3. The zero-order chi connectivity index (χ0) is 20.6. The number of aryl methyl sites for hydroxylation is 1. The minimum absolute atomic E-state index is 0.154. The van der Waals surface area contributed by atoms with Gasteiger partial charge in [0.25, 0.3) is 23.2 Å². The van der Waals surface area contributed by atoms with Crippen LogP contribution in [0.2, 0.25) is 0 Å². The lowest BCUT2D eigenvalue weighted by Crippen LogP contribution is -2.37.